The zero-order valence-electron chi connectivity index (χ0n) is 22.3. The predicted octanol–water partition coefficient (Wildman–Crippen LogP) is 3.76. The summed E-state index contributed by atoms with van der Waals surface area (Å²) in [6.45, 7) is -0.228. The summed E-state index contributed by atoms with van der Waals surface area (Å²) in [7, 11) is 1.42. The molecule has 4 aromatic rings. The number of ether oxygens (including phenoxy) is 2. The van der Waals surface area contributed by atoms with Gasteiger partial charge in [-0.05, 0) is 66.9 Å². The number of nitrogens with zero attached hydrogens (tertiary/aromatic N) is 2. The summed E-state index contributed by atoms with van der Waals surface area (Å²) in [5, 5.41) is 14.4. The number of methoxy groups -OCH3 is 1. The highest BCUT2D eigenvalue weighted by atomic mass is 19.4. The van der Waals surface area contributed by atoms with Gasteiger partial charge in [-0.15, -0.1) is 0 Å². The van der Waals surface area contributed by atoms with Crippen molar-refractivity contribution in [1.29, 1.82) is 0 Å². The Morgan fingerprint density at radius 3 is 2.50 bits per heavy atom. The molecule has 2 aromatic carbocycles. The van der Waals surface area contributed by atoms with Crippen LogP contribution in [0.5, 0.6) is 11.6 Å². The lowest BCUT2D eigenvalue weighted by atomic mass is 9.81. The van der Waals surface area contributed by atoms with E-state index in [1.54, 1.807) is 6.07 Å². The molecule has 3 heterocycles. The number of amides is 2. The van der Waals surface area contributed by atoms with Crippen molar-refractivity contribution in [1.82, 2.24) is 15.3 Å². The average Bonchev–Trinajstić information content (AvgIpc) is 3.32. The van der Waals surface area contributed by atoms with Crippen molar-refractivity contribution in [3.63, 3.8) is 0 Å². The minimum atomic E-state index is -5.34. The molecular weight excluding hydrogens is 560 g/mol. The zero-order valence-corrected chi connectivity index (χ0v) is 22.3. The Morgan fingerprint density at radius 2 is 1.86 bits per heavy atom. The van der Waals surface area contributed by atoms with E-state index in [-0.39, 0.29) is 34.7 Å². The number of hydrogen-bond donors (Lipinski definition) is 3. The molecule has 2 aromatic heterocycles. The van der Waals surface area contributed by atoms with E-state index in [9.17, 15) is 32.3 Å². The van der Waals surface area contributed by atoms with Gasteiger partial charge in [0.1, 0.15) is 29.3 Å². The molecular formula is C29H24F4N4O5. The molecule has 0 bridgehead atoms. The SMILES string of the molecule is COc1nccc2cc(C(=O)NC[C@](O)(c3cc4c(c(-c5ccc(F)cc5)n3)OC[C@]4(C)C(N)=O)C(F)(F)F)ccc12. The van der Waals surface area contributed by atoms with Gasteiger partial charge in [0.05, 0.1) is 19.3 Å². The molecule has 0 fully saturated rings. The van der Waals surface area contributed by atoms with Crippen LogP contribution >= 0.6 is 0 Å². The van der Waals surface area contributed by atoms with Crippen LogP contribution < -0.4 is 20.5 Å². The number of rotatable bonds is 7. The maximum atomic E-state index is 14.6. The summed E-state index contributed by atoms with van der Waals surface area (Å²) in [6, 6.07) is 11.5. The highest BCUT2D eigenvalue weighted by molar-refractivity contribution is 5.99. The summed E-state index contributed by atoms with van der Waals surface area (Å²) >= 11 is 0. The Kier molecular flexibility index (Phi) is 7.01. The third kappa shape index (κ3) is 4.75. The first-order chi connectivity index (χ1) is 19.8. The number of pyridine rings is 2. The number of carbonyl (C=O) groups is 2. The molecule has 9 nitrogen and oxygen atoms in total. The van der Waals surface area contributed by atoms with E-state index >= 15 is 0 Å². The number of primary amides is 1. The number of hydrogen-bond acceptors (Lipinski definition) is 7. The average molecular weight is 585 g/mol. The summed E-state index contributed by atoms with van der Waals surface area (Å²) in [4.78, 5) is 33.5. The molecule has 2 amide bonds. The van der Waals surface area contributed by atoms with Crippen molar-refractivity contribution in [2.75, 3.05) is 20.3 Å². The first-order valence-corrected chi connectivity index (χ1v) is 12.5. The molecule has 4 N–H and O–H groups in total. The summed E-state index contributed by atoms with van der Waals surface area (Å²) in [5.41, 5.74) is -0.628. The molecule has 13 heteroatoms. The second-order valence-corrected chi connectivity index (χ2v) is 10.0. The second kappa shape index (κ2) is 10.2. The largest absolute Gasteiger partial charge is 0.489 e. The maximum absolute atomic E-state index is 14.6. The molecule has 0 aliphatic carbocycles. The van der Waals surface area contributed by atoms with Crippen LogP contribution in [0.15, 0.2) is 60.8 Å². The minimum absolute atomic E-state index is 0.0175. The number of halogens is 4. The molecule has 0 unspecified atom stereocenters. The zero-order chi connectivity index (χ0) is 30.4. The van der Waals surface area contributed by atoms with Crippen LogP contribution in [0.25, 0.3) is 22.0 Å². The quantitative estimate of drug-likeness (QED) is 0.282. The highest BCUT2D eigenvalue weighted by Crippen LogP contribution is 2.47. The van der Waals surface area contributed by atoms with Gasteiger partial charge in [-0.3, -0.25) is 9.59 Å². The van der Waals surface area contributed by atoms with Gasteiger partial charge in [-0.25, -0.2) is 14.4 Å². The Morgan fingerprint density at radius 1 is 1.14 bits per heavy atom. The van der Waals surface area contributed by atoms with Crippen molar-refractivity contribution >= 4 is 22.6 Å². The molecule has 42 heavy (non-hydrogen) atoms. The number of aromatic nitrogens is 2. The van der Waals surface area contributed by atoms with Crippen molar-refractivity contribution in [3.05, 3.63) is 83.4 Å². The minimum Gasteiger partial charge on any atom is -0.489 e. The highest BCUT2D eigenvalue weighted by Gasteiger charge is 2.57. The molecule has 5 rings (SSSR count). The van der Waals surface area contributed by atoms with Crippen molar-refractivity contribution < 1.29 is 41.7 Å². The van der Waals surface area contributed by atoms with Crippen LogP contribution in [0, 0.1) is 5.82 Å². The fraction of sp³-hybridized carbons (Fsp3) is 0.241. The number of fused-ring (bicyclic) bond motifs is 2. The number of nitrogens with one attached hydrogen (secondary N) is 1. The lowest BCUT2D eigenvalue weighted by Gasteiger charge is -2.31. The van der Waals surface area contributed by atoms with Crippen LogP contribution in [-0.2, 0) is 15.8 Å². The van der Waals surface area contributed by atoms with Gasteiger partial charge in [-0.1, -0.05) is 0 Å². The van der Waals surface area contributed by atoms with E-state index in [1.165, 1.54) is 50.6 Å². The summed E-state index contributed by atoms with van der Waals surface area (Å²) < 4.78 is 68.2. The standard InChI is InChI=1S/C29H24F4N4O5/c1-27(26(34)39)14-42-23-20(27)12-21(37-22(23)15-3-6-18(30)7-4-15)28(40,29(31,32)33)13-36-24(38)17-5-8-19-16(11-17)9-10-35-25(19)41-2/h3-12,40H,13-14H2,1-2H3,(H2,34,39)(H,36,38)/t27-,28-/m0/s1. The molecule has 0 saturated heterocycles. The summed E-state index contributed by atoms with van der Waals surface area (Å²) in [6.07, 6.45) is -3.89. The van der Waals surface area contributed by atoms with Gasteiger partial charge >= 0.3 is 6.18 Å². The molecule has 2 atom stereocenters. The third-order valence-electron chi connectivity index (χ3n) is 7.32. The molecule has 1 aliphatic rings. The normalized spacial score (nSPS) is 17.7. The van der Waals surface area contributed by atoms with E-state index < -0.39 is 47.1 Å². The van der Waals surface area contributed by atoms with Crippen molar-refractivity contribution in [2.24, 2.45) is 5.73 Å². The van der Waals surface area contributed by atoms with Gasteiger partial charge in [0.2, 0.25) is 17.4 Å². The topological polar surface area (TPSA) is 137 Å². The summed E-state index contributed by atoms with van der Waals surface area (Å²) in [5.74, 6) is -2.11. The Hall–Kier alpha value is -4.78. The van der Waals surface area contributed by atoms with E-state index in [4.69, 9.17) is 15.2 Å². The van der Waals surface area contributed by atoms with Gasteiger partial charge in [-0.2, -0.15) is 13.2 Å². The van der Waals surface area contributed by atoms with Crippen LogP contribution in [0.1, 0.15) is 28.5 Å². The van der Waals surface area contributed by atoms with Gasteiger partial charge < -0.3 is 25.6 Å². The number of nitrogens with two attached hydrogens (primary N) is 1. The number of benzene rings is 2. The lowest BCUT2D eigenvalue weighted by Crippen LogP contribution is -2.51. The van der Waals surface area contributed by atoms with E-state index in [2.05, 4.69) is 15.3 Å². The Labute approximate surface area is 236 Å². The van der Waals surface area contributed by atoms with Crippen LogP contribution in [-0.4, -0.2) is 53.3 Å². The molecule has 1 aliphatic heterocycles. The van der Waals surface area contributed by atoms with E-state index in [0.29, 0.717) is 16.7 Å². The Bertz CT molecular complexity index is 1710. The smallest absolute Gasteiger partial charge is 0.424 e. The van der Waals surface area contributed by atoms with Crippen LogP contribution in [0.3, 0.4) is 0 Å². The molecule has 218 valence electrons. The van der Waals surface area contributed by atoms with Crippen LogP contribution in [0.2, 0.25) is 0 Å². The van der Waals surface area contributed by atoms with E-state index in [0.717, 1.165) is 18.2 Å². The van der Waals surface area contributed by atoms with Crippen LogP contribution in [0.4, 0.5) is 17.6 Å². The molecule has 0 spiro atoms. The molecule has 0 saturated carbocycles. The number of aliphatic hydroxyl groups is 1. The molecule has 0 radical (unpaired) electrons. The fourth-order valence-corrected chi connectivity index (χ4v) is 4.70. The fourth-order valence-electron chi connectivity index (χ4n) is 4.70. The van der Waals surface area contributed by atoms with Crippen molar-refractivity contribution in [2.45, 2.75) is 24.1 Å². The monoisotopic (exact) mass is 584 g/mol. The van der Waals surface area contributed by atoms with Gasteiger partial charge in [0, 0.05) is 28.3 Å². The number of carbonyl (C=O) groups excluding carboxylic acids is 2. The number of alkyl halides is 3. The lowest BCUT2D eigenvalue weighted by molar-refractivity contribution is -0.265. The third-order valence-corrected chi connectivity index (χ3v) is 7.32. The van der Waals surface area contributed by atoms with Gasteiger partial charge in [0.25, 0.3) is 5.91 Å². The second-order valence-electron chi connectivity index (χ2n) is 10.0. The van der Waals surface area contributed by atoms with Gasteiger partial charge in [0.15, 0.2) is 0 Å². The van der Waals surface area contributed by atoms with E-state index in [1.807, 2.05) is 0 Å². The first kappa shape index (κ1) is 28.7. The predicted molar refractivity (Wildman–Crippen MR) is 142 cm³/mol. The van der Waals surface area contributed by atoms with Crippen molar-refractivity contribution in [3.8, 4) is 22.9 Å². The Balaban J connectivity index is 1.57. The first-order valence-electron chi connectivity index (χ1n) is 12.5. The maximum Gasteiger partial charge on any atom is 0.424 e.